The molecule has 0 aromatic heterocycles. The Kier molecular flexibility index (Phi) is 9.95. The van der Waals surface area contributed by atoms with Gasteiger partial charge < -0.3 is 9.80 Å². The van der Waals surface area contributed by atoms with Crippen molar-refractivity contribution >= 4 is 57.2 Å². The van der Waals surface area contributed by atoms with Crippen LogP contribution in [-0.2, 0) is 48.7 Å². The summed E-state index contributed by atoms with van der Waals surface area (Å²) in [5.41, 5.74) is 28.1. The summed E-state index contributed by atoms with van der Waals surface area (Å²) in [5, 5.41) is 0. The first-order valence-corrected chi connectivity index (χ1v) is 27.6. The number of hydrogen-bond acceptors (Lipinski definition) is 2. The van der Waals surface area contributed by atoms with Gasteiger partial charge in [0, 0.05) is 34.1 Å². The van der Waals surface area contributed by atoms with E-state index in [1.54, 1.807) is 11.1 Å². The van der Waals surface area contributed by atoms with Gasteiger partial charge in [-0.25, -0.2) is 0 Å². The third-order valence-corrected chi connectivity index (χ3v) is 20.4. The Morgan fingerprint density at radius 2 is 0.686 bits per heavy atom. The topological polar surface area (TPSA) is 6.48 Å². The van der Waals surface area contributed by atoms with Gasteiger partial charge in [0.05, 0.1) is 0 Å². The molecule has 0 atom stereocenters. The summed E-state index contributed by atoms with van der Waals surface area (Å²) >= 11 is 0. The van der Waals surface area contributed by atoms with Crippen LogP contribution in [0.4, 0.5) is 34.1 Å². The first-order valence-electron chi connectivity index (χ1n) is 27.6. The van der Waals surface area contributed by atoms with Crippen LogP contribution in [0.1, 0.15) is 239 Å². The standard InChI is InChI=1S/C67H87BN2/c1-40-31-44-48(65(15,16)28-25-61(44,7)8)37-53(40)70-55-39-50-47(64(13,14)27-30-67(50,19)20)36-52(55)68-51-35-46-49(66(17,18)29-26-63(46,11)12)38-54(51)69(56-32-41(59(2,3)4)33-57(70)58(56)68)42-21-22-43-45(34-42)62(9,10)24-23-60(43,5)6/h21-22,31-39H,23-30H2,1-20H3. The van der Waals surface area contributed by atoms with E-state index in [2.05, 4.69) is 215 Å². The minimum absolute atomic E-state index is 0.0614. The molecule has 3 heteroatoms. The van der Waals surface area contributed by atoms with E-state index >= 15 is 0 Å². The Balaban J connectivity index is 1.32. The van der Waals surface area contributed by atoms with Crippen molar-refractivity contribution in [2.45, 2.75) is 239 Å². The molecule has 0 saturated heterocycles. The largest absolute Gasteiger partial charge is 0.311 e. The third-order valence-electron chi connectivity index (χ3n) is 20.4. The zero-order valence-electron chi connectivity index (χ0n) is 47.5. The van der Waals surface area contributed by atoms with Gasteiger partial charge in [0.1, 0.15) is 0 Å². The van der Waals surface area contributed by atoms with Crippen LogP contribution in [0.2, 0.25) is 0 Å². The van der Waals surface area contributed by atoms with Gasteiger partial charge in [0.2, 0.25) is 0 Å². The second-order valence-electron chi connectivity index (χ2n) is 30.2. The lowest BCUT2D eigenvalue weighted by Gasteiger charge is -2.50. The van der Waals surface area contributed by atoms with E-state index < -0.39 is 0 Å². The second kappa shape index (κ2) is 14.5. The summed E-state index contributed by atoms with van der Waals surface area (Å²) in [5.74, 6) is 0. The van der Waals surface area contributed by atoms with Crippen LogP contribution in [0.15, 0.2) is 66.7 Å². The molecular weight excluding hydrogens is 844 g/mol. The summed E-state index contributed by atoms with van der Waals surface area (Å²) in [4.78, 5) is 5.58. The Morgan fingerprint density at radius 3 is 1.10 bits per heavy atom. The average Bonchev–Trinajstić information content (AvgIpc) is 3.26. The Hall–Kier alpha value is -4.24. The lowest BCUT2D eigenvalue weighted by atomic mass is 9.32. The predicted molar refractivity (Wildman–Crippen MR) is 305 cm³/mol. The lowest BCUT2D eigenvalue weighted by molar-refractivity contribution is 0.331. The third kappa shape index (κ3) is 6.90. The highest BCUT2D eigenvalue weighted by Crippen LogP contribution is 2.56. The molecule has 0 spiro atoms. The molecule has 0 N–H and O–H groups in total. The molecule has 70 heavy (non-hydrogen) atoms. The second-order valence-corrected chi connectivity index (χ2v) is 30.2. The summed E-state index contributed by atoms with van der Waals surface area (Å²) in [6, 6.07) is 29.2. The molecule has 5 aromatic carbocycles. The average molecular weight is 931 g/mol. The van der Waals surface area contributed by atoms with Crippen molar-refractivity contribution in [3.8, 4) is 0 Å². The maximum absolute atomic E-state index is 2.80. The van der Waals surface area contributed by atoms with Crippen molar-refractivity contribution in [2.24, 2.45) is 0 Å². The van der Waals surface area contributed by atoms with Gasteiger partial charge in [-0.05, 0) is 222 Å². The molecule has 0 unspecified atom stereocenters. The minimum atomic E-state index is -0.0958. The molecule has 0 amide bonds. The molecular formula is C67H87BN2. The first-order chi connectivity index (χ1) is 32.2. The van der Waals surface area contributed by atoms with E-state index in [4.69, 9.17) is 0 Å². The monoisotopic (exact) mass is 931 g/mol. The van der Waals surface area contributed by atoms with E-state index in [0.717, 1.165) is 0 Å². The number of fused-ring (bicyclic) bond motifs is 8. The molecule has 0 radical (unpaired) electrons. The summed E-state index contributed by atoms with van der Waals surface area (Å²) < 4.78 is 0. The van der Waals surface area contributed by atoms with E-state index in [1.165, 1.54) is 146 Å². The normalized spacial score (nSPS) is 22.9. The quantitative estimate of drug-likeness (QED) is 0.159. The summed E-state index contributed by atoms with van der Waals surface area (Å²) in [6.07, 6.45) is 9.57. The molecule has 6 aliphatic rings. The van der Waals surface area contributed by atoms with Gasteiger partial charge in [0.25, 0.3) is 6.71 Å². The summed E-state index contributed by atoms with van der Waals surface area (Å²) in [7, 11) is 0. The first kappa shape index (κ1) is 48.1. The van der Waals surface area contributed by atoms with Crippen LogP contribution in [-0.4, -0.2) is 6.71 Å². The molecule has 368 valence electrons. The van der Waals surface area contributed by atoms with Crippen LogP contribution in [0.3, 0.4) is 0 Å². The molecule has 2 nitrogen and oxygen atoms in total. The molecule has 0 saturated carbocycles. The minimum Gasteiger partial charge on any atom is -0.311 e. The molecule has 2 heterocycles. The fourth-order valence-corrected chi connectivity index (χ4v) is 14.8. The number of hydrogen-bond donors (Lipinski definition) is 0. The van der Waals surface area contributed by atoms with Gasteiger partial charge in [-0.2, -0.15) is 0 Å². The maximum Gasteiger partial charge on any atom is 0.252 e. The van der Waals surface area contributed by atoms with E-state index in [-0.39, 0.29) is 55.4 Å². The van der Waals surface area contributed by atoms with E-state index in [9.17, 15) is 0 Å². The van der Waals surface area contributed by atoms with Crippen molar-refractivity contribution in [3.63, 3.8) is 0 Å². The Bertz CT molecular complexity index is 3060. The van der Waals surface area contributed by atoms with Gasteiger partial charge in [-0.15, -0.1) is 0 Å². The Labute approximate surface area is 425 Å². The highest BCUT2D eigenvalue weighted by Gasteiger charge is 2.50. The maximum atomic E-state index is 2.80. The van der Waals surface area contributed by atoms with Gasteiger partial charge >= 0.3 is 0 Å². The fourth-order valence-electron chi connectivity index (χ4n) is 14.8. The number of nitrogens with zero attached hydrogens (tertiary/aromatic N) is 2. The number of anilines is 6. The zero-order chi connectivity index (χ0) is 50.6. The molecule has 4 aliphatic carbocycles. The summed E-state index contributed by atoms with van der Waals surface area (Å²) in [6.45, 7) is 49.8. The zero-order valence-corrected chi connectivity index (χ0v) is 47.5. The highest BCUT2D eigenvalue weighted by atomic mass is 15.2. The highest BCUT2D eigenvalue weighted by molar-refractivity contribution is 7.00. The van der Waals surface area contributed by atoms with Crippen molar-refractivity contribution in [3.05, 3.63) is 122 Å². The molecule has 5 aromatic rings. The smallest absolute Gasteiger partial charge is 0.252 e. The fraction of sp³-hybridized carbons (Fsp3) is 0.552. The van der Waals surface area contributed by atoms with Crippen LogP contribution >= 0.6 is 0 Å². The van der Waals surface area contributed by atoms with Gasteiger partial charge in [0.15, 0.2) is 0 Å². The van der Waals surface area contributed by atoms with Crippen LogP contribution in [0.25, 0.3) is 0 Å². The number of benzene rings is 5. The van der Waals surface area contributed by atoms with Crippen molar-refractivity contribution in [2.75, 3.05) is 9.80 Å². The predicted octanol–water partition coefficient (Wildman–Crippen LogP) is 16.8. The van der Waals surface area contributed by atoms with Crippen LogP contribution in [0.5, 0.6) is 0 Å². The number of aryl methyl sites for hydroxylation is 1. The molecule has 0 fully saturated rings. The van der Waals surface area contributed by atoms with E-state index in [0.29, 0.717) is 0 Å². The Morgan fingerprint density at radius 1 is 0.357 bits per heavy atom. The van der Waals surface area contributed by atoms with Crippen molar-refractivity contribution in [1.29, 1.82) is 0 Å². The van der Waals surface area contributed by atoms with Gasteiger partial charge in [-0.1, -0.05) is 156 Å². The van der Waals surface area contributed by atoms with Crippen molar-refractivity contribution in [1.82, 2.24) is 0 Å². The van der Waals surface area contributed by atoms with Crippen LogP contribution < -0.4 is 26.2 Å². The molecule has 11 rings (SSSR count). The molecule has 2 aliphatic heterocycles. The SMILES string of the molecule is Cc1cc2c(cc1N1c3cc4c(cc3B3c5cc6c(cc5N(c5ccc7c(c5)C(C)(C)CCC7(C)C)c5cc(C(C)(C)C)cc1c53)C(C)(C)CCC6(C)C)C(C)(C)CCC4(C)C)C(C)(C)CCC2(C)C. The molecule has 0 bridgehead atoms. The number of rotatable bonds is 2. The lowest BCUT2D eigenvalue weighted by Crippen LogP contribution is -2.62. The van der Waals surface area contributed by atoms with Crippen LogP contribution in [0, 0.1) is 6.92 Å². The van der Waals surface area contributed by atoms with E-state index in [1.807, 2.05) is 0 Å². The van der Waals surface area contributed by atoms with Crippen molar-refractivity contribution < 1.29 is 0 Å². The van der Waals surface area contributed by atoms with Gasteiger partial charge in [-0.3, -0.25) is 0 Å².